The van der Waals surface area contributed by atoms with E-state index in [0.717, 1.165) is 5.00 Å². The molecular formula is C12H10N2O3S. The van der Waals surface area contributed by atoms with Crippen molar-refractivity contribution >= 4 is 28.2 Å². The Bertz CT molecular complexity index is 581. The van der Waals surface area contributed by atoms with Crippen LogP contribution in [0.1, 0.15) is 20.8 Å². The Kier molecular flexibility index (Phi) is 3.38. The zero-order valence-electron chi connectivity index (χ0n) is 9.53. The number of carbonyl (C=O) groups excluding carboxylic acids is 1. The molecule has 0 saturated heterocycles. The van der Waals surface area contributed by atoms with E-state index in [9.17, 15) is 9.59 Å². The lowest BCUT2D eigenvalue weighted by molar-refractivity contribution is 0.0690. The van der Waals surface area contributed by atoms with E-state index in [1.807, 2.05) is 17.5 Å². The van der Waals surface area contributed by atoms with Crippen LogP contribution in [0.3, 0.4) is 0 Å². The van der Waals surface area contributed by atoms with Gasteiger partial charge in [0.1, 0.15) is 5.69 Å². The molecule has 2 rings (SSSR count). The Morgan fingerprint density at radius 3 is 2.78 bits per heavy atom. The molecule has 0 saturated carbocycles. The molecule has 6 heteroatoms. The number of rotatable bonds is 3. The van der Waals surface area contributed by atoms with E-state index in [-0.39, 0.29) is 11.6 Å². The highest BCUT2D eigenvalue weighted by molar-refractivity contribution is 7.14. The second kappa shape index (κ2) is 4.97. The number of amides is 1. The Balaban J connectivity index is 2.29. The van der Waals surface area contributed by atoms with Crippen molar-refractivity contribution in [2.75, 3.05) is 11.9 Å². The number of hydrogen-bond donors (Lipinski definition) is 1. The third-order valence-electron chi connectivity index (χ3n) is 2.37. The molecule has 1 N–H and O–H groups in total. The summed E-state index contributed by atoms with van der Waals surface area (Å²) in [7, 11) is 1.65. The van der Waals surface area contributed by atoms with Gasteiger partial charge in [-0.25, -0.2) is 9.78 Å². The van der Waals surface area contributed by atoms with Crippen molar-refractivity contribution in [3.05, 3.63) is 47.1 Å². The molecule has 0 aliphatic carbocycles. The van der Waals surface area contributed by atoms with Crippen LogP contribution in [0, 0.1) is 0 Å². The minimum absolute atomic E-state index is 0.138. The van der Waals surface area contributed by atoms with Gasteiger partial charge in [-0.3, -0.25) is 4.79 Å². The Morgan fingerprint density at radius 1 is 1.39 bits per heavy atom. The first kappa shape index (κ1) is 12.3. The Labute approximate surface area is 107 Å². The van der Waals surface area contributed by atoms with Gasteiger partial charge in [0.2, 0.25) is 0 Å². The van der Waals surface area contributed by atoms with Crippen LogP contribution < -0.4 is 4.90 Å². The highest BCUT2D eigenvalue weighted by Gasteiger charge is 2.16. The Hall–Kier alpha value is -2.21. The van der Waals surface area contributed by atoms with Gasteiger partial charge in [0, 0.05) is 18.8 Å². The quantitative estimate of drug-likeness (QED) is 0.919. The van der Waals surface area contributed by atoms with Gasteiger partial charge in [0.25, 0.3) is 5.91 Å². The largest absolute Gasteiger partial charge is 0.477 e. The van der Waals surface area contributed by atoms with Crippen molar-refractivity contribution in [3.8, 4) is 0 Å². The molecule has 5 nitrogen and oxygen atoms in total. The summed E-state index contributed by atoms with van der Waals surface area (Å²) in [6.07, 6.45) is 1.32. The highest BCUT2D eigenvalue weighted by Crippen LogP contribution is 2.21. The van der Waals surface area contributed by atoms with Crippen LogP contribution in [0.15, 0.2) is 35.8 Å². The number of thiophene rings is 1. The first-order valence-electron chi connectivity index (χ1n) is 5.10. The summed E-state index contributed by atoms with van der Waals surface area (Å²) in [4.78, 5) is 28.1. The average Bonchev–Trinajstić information content (AvgIpc) is 2.91. The summed E-state index contributed by atoms with van der Waals surface area (Å²) >= 11 is 1.44. The van der Waals surface area contributed by atoms with Crippen LogP contribution in [-0.2, 0) is 0 Å². The molecule has 0 atom stereocenters. The number of hydrogen-bond acceptors (Lipinski definition) is 4. The van der Waals surface area contributed by atoms with Crippen molar-refractivity contribution < 1.29 is 14.7 Å². The normalized spacial score (nSPS) is 10.1. The van der Waals surface area contributed by atoms with E-state index in [2.05, 4.69) is 4.98 Å². The minimum atomic E-state index is -1.15. The summed E-state index contributed by atoms with van der Waals surface area (Å²) < 4.78 is 0. The van der Waals surface area contributed by atoms with Gasteiger partial charge in [0.15, 0.2) is 0 Å². The fourth-order valence-corrected chi connectivity index (χ4v) is 2.13. The number of carbonyl (C=O) groups is 2. The molecule has 0 unspecified atom stereocenters. The third kappa shape index (κ3) is 2.38. The fraction of sp³-hybridized carbons (Fsp3) is 0.0833. The fourth-order valence-electron chi connectivity index (χ4n) is 1.44. The van der Waals surface area contributed by atoms with E-state index < -0.39 is 5.97 Å². The number of aromatic carboxylic acids is 1. The lowest BCUT2D eigenvalue weighted by Crippen LogP contribution is -2.25. The van der Waals surface area contributed by atoms with Crippen molar-refractivity contribution in [1.82, 2.24) is 4.98 Å². The smallest absolute Gasteiger partial charge is 0.354 e. The van der Waals surface area contributed by atoms with Crippen LogP contribution in [0.5, 0.6) is 0 Å². The lowest BCUT2D eigenvalue weighted by Gasteiger charge is -2.14. The standard InChI is InChI=1S/C12H10N2O3S/c1-14(10-3-2-6-18-10)11(15)8-4-5-13-9(7-8)12(16)17/h2-7H,1H3,(H,16,17). The summed E-state index contributed by atoms with van der Waals surface area (Å²) in [5, 5.41) is 11.5. The molecule has 0 aliphatic rings. The number of carboxylic acid groups (broad SMARTS) is 1. The number of nitrogens with zero attached hydrogens (tertiary/aromatic N) is 2. The molecule has 2 aromatic rings. The monoisotopic (exact) mass is 262 g/mol. The molecule has 1 amide bonds. The van der Waals surface area contributed by atoms with Crippen molar-refractivity contribution in [1.29, 1.82) is 0 Å². The molecule has 92 valence electrons. The molecule has 0 spiro atoms. The van der Waals surface area contributed by atoms with Crippen molar-refractivity contribution in [2.24, 2.45) is 0 Å². The van der Waals surface area contributed by atoms with E-state index in [1.165, 1.54) is 34.6 Å². The third-order valence-corrected chi connectivity index (χ3v) is 3.31. The summed E-state index contributed by atoms with van der Waals surface area (Å²) in [6.45, 7) is 0. The van der Waals surface area contributed by atoms with E-state index in [0.29, 0.717) is 5.56 Å². The highest BCUT2D eigenvalue weighted by atomic mass is 32.1. The molecular weight excluding hydrogens is 252 g/mol. The van der Waals surface area contributed by atoms with E-state index in [1.54, 1.807) is 7.05 Å². The van der Waals surface area contributed by atoms with Crippen molar-refractivity contribution in [2.45, 2.75) is 0 Å². The van der Waals surface area contributed by atoms with Crippen LogP contribution in [0.2, 0.25) is 0 Å². The zero-order chi connectivity index (χ0) is 13.1. The predicted octanol–water partition coefficient (Wildman–Crippen LogP) is 2.12. The Morgan fingerprint density at radius 2 is 2.17 bits per heavy atom. The molecule has 0 bridgehead atoms. The van der Waals surface area contributed by atoms with E-state index >= 15 is 0 Å². The van der Waals surface area contributed by atoms with Gasteiger partial charge in [-0.2, -0.15) is 0 Å². The first-order valence-corrected chi connectivity index (χ1v) is 5.98. The van der Waals surface area contributed by atoms with Gasteiger partial charge in [-0.05, 0) is 29.6 Å². The van der Waals surface area contributed by atoms with Crippen LogP contribution in [-0.4, -0.2) is 29.0 Å². The lowest BCUT2D eigenvalue weighted by atomic mass is 10.2. The maximum absolute atomic E-state index is 12.1. The van der Waals surface area contributed by atoms with Crippen LogP contribution in [0.25, 0.3) is 0 Å². The van der Waals surface area contributed by atoms with E-state index in [4.69, 9.17) is 5.11 Å². The van der Waals surface area contributed by atoms with Gasteiger partial charge in [0.05, 0.1) is 5.00 Å². The average molecular weight is 262 g/mol. The minimum Gasteiger partial charge on any atom is -0.477 e. The molecule has 2 aromatic heterocycles. The molecule has 18 heavy (non-hydrogen) atoms. The maximum Gasteiger partial charge on any atom is 0.354 e. The second-order valence-corrected chi connectivity index (χ2v) is 4.48. The SMILES string of the molecule is CN(C(=O)c1ccnc(C(=O)O)c1)c1cccs1. The topological polar surface area (TPSA) is 70.5 Å². The zero-order valence-corrected chi connectivity index (χ0v) is 10.3. The number of pyridine rings is 1. The van der Waals surface area contributed by atoms with Crippen LogP contribution in [0.4, 0.5) is 5.00 Å². The van der Waals surface area contributed by atoms with Gasteiger partial charge >= 0.3 is 5.97 Å². The molecule has 2 heterocycles. The molecule has 0 fully saturated rings. The van der Waals surface area contributed by atoms with Gasteiger partial charge in [-0.1, -0.05) is 0 Å². The summed E-state index contributed by atoms with van der Waals surface area (Å²) in [5.41, 5.74) is 0.165. The first-order chi connectivity index (χ1) is 8.59. The molecule has 0 radical (unpaired) electrons. The van der Waals surface area contributed by atoms with Crippen LogP contribution >= 0.6 is 11.3 Å². The number of anilines is 1. The van der Waals surface area contributed by atoms with Gasteiger partial charge in [-0.15, -0.1) is 11.3 Å². The molecule has 0 aliphatic heterocycles. The number of aromatic nitrogens is 1. The predicted molar refractivity (Wildman–Crippen MR) is 68.2 cm³/mol. The van der Waals surface area contributed by atoms with Crippen molar-refractivity contribution in [3.63, 3.8) is 0 Å². The maximum atomic E-state index is 12.1. The second-order valence-electron chi connectivity index (χ2n) is 3.55. The number of carboxylic acids is 1. The summed E-state index contributed by atoms with van der Waals surface area (Å²) in [5.74, 6) is -1.41. The summed E-state index contributed by atoms with van der Waals surface area (Å²) in [6, 6.07) is 6.44. The van der Waals surface area contributed by atoms with Gasteiger partial charge < -0.3 is 10.0 Å². The molecule has 0 aromatic carbocycles.